The lowest BCUT2D eigenvalue weighted by Crippen LogP contribution is -2.53. The van der Waals surface area contributed by atoms with Gasteiger partial charge in [0.05, 0.1) is 5.60 Å². The zero-order valence-electron chi connectivity index (χ0n) is 17.3. The number of β-amino-alcohol motifs (C(OH)–C–C–N with tert-alkyl or cyclic N) is 1. The zero-order valence-corrected chi connectivity index (χ0v) is 17.3. The molecule has 8 heteroatoms. The van der Waals surface area contributed by atoms with E-state index < -0.39 is 5.60 Å². The number of hydrogen-bond acceptors (Lipinski definition) is 5. The number of aromatic amines is 1. The molecular formula is C20H33N5O3. The van der Waals surface area contributed by atoms with Crippen LogP contribution < -0.4 is 0 Å². The summed E-state index contributed by atoms with van der Waals surface area (Å²) in [6, 6.07) is 1.83. The highest BCUT2D eigenvalue weighted by molar-refractivity contribution is 5.92. The molecule has 1 aromatic rings. The molecule has 3 rings (SSSR count). The first-order valence-corrected chi connectivity index (χ1v) is 10.3. The Morgan fingerprint density at radius 3 is 2.46 bits per heavy atom. The number of amides is 2. The molecule has 0 bridgehead atoms. The van der Waals surface area contributed by atoms with Crippen LogP contribution in [0.3, 0.4) is 0 Å². The van der Waals surface area contributed by atoms with E-state index in [1.54, 1.807) is 6.92 Å². The molecule has 3 heterocycles. The van der Waals surface area contributed by atoms with E-state index in [0.717, 1.165) is 25.2 Å². The Kier molecular flexibility index (Phi) is 6.40. The third-order valence-electron chi connectivity index (χ3n) is 5.98. The number of nitrogens with zero attached hydrogens (tertiary/aromatic N) is 4. The number of likely N-dealkylation sites (tertiary alicyclic amines) is 1. The lowest BCUT2D eigenvalue weighted by atomic mass is 9.94. The van der Waals surface area contributed by atoms with E-state index in [4.69, 9.17) is 0 Å². The van der Waals surface area contributed by atoms with Crippen LogP contribution in [-0.2, 0) is 4.79 Å². The summed E-state index contributed by atoms with van der Waals surface area (Å²) in [6.45, 7) is 10.5. The SMILES string of the molecule is CC(=O)N1CCN(C[C@]2(O)CCCN(C(=O)c3cc(C(C)C)[nH]n3)CC2)CC1. The molecule has 2 aliphatic heterocycles. The fourth-order valence-corrected chi connectivity index (χ4v) is 4.08. The molecular weight excluding hydrogens is 358 g/mol. The van der Waals surface area contributed by atoms with E-state index in [-0.39, 0.29) is 11.8 Å². The molecule has 1 atom stereocenters. The largest absolute Gasteiger partial charge is 0.388 e. The van der Waals surface area contributed by atoms with Crippen molar-refractivity contribution in [3.8, 4) is 0 Å². The molecule has 0 unspecified atom stereocenters. The number of aromatic nitrogens is 2. The van der Waals surface area contributed by atoms with Crippen molar-refractivity contribution in [3.05, 3.63) is 17.5 Å². The number of rotatable bonds is 4. The summed E-state index contributed by atoms with van der Waals surface area (Å²) in [7, 11) is 0. The average molecular weight is 392 g/mol. The van der Waals surface area contributed by atoms with Crippen molar-refractivity contribution < 1.29 is 14.7 Å². The summed E-state index contributed by atoms with van der Waals surface area (Å²) in [6.07, 6.45) is 2.02. The number of carbonyl (C=O) groups is 2. The second-order valence-corrected chi connectivity index (χ2v) is 8.52. The minimum Gasteiger partial charge on any atom is -0.388 e. The Bertz CT molecular complexity index is 696. The molecule has 1 aromatic heterocycles. The Balaban J connectivity index is 1.55. The van der Waals surface area contributed by atoms with Gasteiger partial charge in [-0.2, -0.15) is 5.10 Å². The van der Waals surface area contributed by atoms with Gasteiger partial charge in [0.15, 0.2) is 0 Å². The highest BCUT2D eigenvalue weighted by Crippen LogP contribution is 2.25. The van der Waals surface area contributed by atoms with Crippen LogP contribution in [0.4, 0.5) is 0 Å². The van der Waals surface area contributed by atoms with Crippen LogP contribution in [0.15, 0.2) is 6.07 Å². The Morgan fingerprint density at radius 2 is 1.86 bits per heavy atom. The van der Waals surface area contributed by atoms with Gasteiger partial charge in [0, 0.05) is 58.4 Å². The van der Waals surface area contributed by atoms with Gasteiger partial charge in [-0.15, -0.1) is 0 Å². The topological polar surface area (TPSA) is 92.8 Å². The highest BCUT2D eigenvalue weighted by Gasteiger charge is 2.35. The molecule has 2 amide bonds. The molecule has 2 fully saturated rings. The van der Waals surface area contributed by atoms with Gasteiger partial charge in [-0.1, -0.05) is 13.8 Å². The fraction of sp³-hybridized carbons (Fsp3) is 0.750. The van der Waals surface area contributed by atoms with Crippen LogP contribution in [-0.4, -0.2) is 93.2 Å². The van der Waals surface area contributed by atoms with Gasteiger partial charge in [0.1, 0.15) is 5.69 Å². The predicted molar refractivity (Wildman–Crippen MR) is 106 cm³/mol. The molecule has 0 spiro atoms. The Labute approximate surface area is 166 Å². The number of aliphatic hydroxyl groups is 1. The van der Waals surface area contributed by atoms with Crippen molar-refractivity contribution in [2.75, 3.05) is 45.8 Å². The second-order valence-electron chi connectivity index (χ2n) is 8.52. The van der Waals surface area contributed by atoms with Crippen molar-refractivity contribution in [1.82, 2.24) is 24.9 Å². The Morgan fingerprint density at radius 1 is 1.14 bits per heavy atom. The lowest BCUT2D eigenvalue weighted by Gasteiger charge is -2.39. The van der Waals surface area contributed by atoms with E-state index in [2.05, 4.69) is 28.9 Å². The normalized spacial score (nSPS) is 24.5. The molecule has 0 radical (unpaired) electrons. The number of carbonyl (C=O) groups excluding carboxylic acids is 2. The van der Waals surface area contributed by atoms with E-state index in [9.17, 15) is 14.7 Å². The molecule has 2 N–H and O–H groups in total. The number of hydrogen-bond donors (Lipinski definition) is 2. The molecule has 0 aliphatic carbocycles. The minimum atomic E-state index is -0.790. The second kappa shape index (κ2) is 8.61. The molecule has 28 heavy (non-hydrogen) atoms. The van der Waals surface area contributed by atoms with Crippen LogP contribution in [0.2, 0.25) is 0 Å². The number of piperazine rings is 1. The van der Waals surface area contributed by atoms with E-state index in [1.165, 1.54) is 0 Å². The third kappa shape index (κ3) is 4.91. The van der Waals surface area contributed by atoms with Gasteiger partial charge >= 0.3 is 0 Å². The van der Waals surface area contributed by atoms with Gasteiger partial charge in [0.2, 0.25) is 5.91 Å². The number of nitrogens with one attached hydrogen (secondary N) is 1. The molecule has 8 nitrogen and oxygen atoms in total. The monoisotopic (exact) mass is 391 g/mol. The van der Waals surface area contributed by atoms with Crippen LogP contribution in [0.1, 0.15) is 62.1 Å². The predicted octanol–water partition coefficient (Wildman–Crippen LogP) is 1.05. The minimum absolute atomic E-state index is 0.0672. The summed E-state index contributed by atoms with van der Waals surface area (Å²) in [4.78, 5) is 30.2. The van der Waals surface area contributed by atoms with Crippen molar-refractivity contribution >= 4 is 11.8 Å². The maximum Gasteiger partial charge on any atom is 0.274 e. The maximum absolute atomic E-state index is 12.8. The van der Waals surface area contributed by atoms with Gasteiger partial charge in [-0.05, 0) is 31.2 Å². The van der Waals surface area contributed by atoms with Crippen LogP contribution in [0.5, 0.6) is 0 Å². The van der Waals surface area contributed by atoms with Crippen molar-refractivity contribution in [1.29, 1.82) is 0 Å². The lowest BCUT2D eigenvalue weighted by molar-refractivity contribution is -0.131. The molecule has 0 aromatic carbocycles. The van der Waals surface area contributed by atoms with Gasteiger partial charge in [-0.25, -0.2) is 0 Å². The van der Waals surface area contributed by atoms with Gasteiger partial charge in [-0.3, -0.25) is 19.6 Å². The molecule has 156 valence electrons. The first-order valence-electron chi connectivity index (χ1n) is 10.3. The van der Waals surface area contributed by atoms with Crippen molar-refractivity contribution in [2.24, 2.45) is 0 Å². The van der Waals surface area contributed by atoms with E-state index >= 15 is 0 Å². The van der Waals surface area contributed by atoms with Crippen LogP contribution >= 0.6 is 0 Å². The highest BCUT2D eigenvalue weighted by atomic mass is 16.3. The standard InChI is InChI=1S/C20H33N5O3/c1-15(2)17-13-18(22-21-17)19(27)25-7-4-5-20(28,6-8-25)14-23-9-11-24(12-10-23)16(3)26/h13,15,28H,4-12,14H2,1-3H3,(H,21,22)/t20-/m0/s1. The summed E-state index contributed by atoms with van der Waals surface area (Å²) in [5.41, 5.74) is 0.621. The average Bonchev–Trinajstić information content (AvgIpc) is 3.07. The van der Waals surface area contributed by atoms with E-state index in [0.29, 0.717) is 57.2 Å². The summed E-state index contributed by atoms with van der Waals surface area (Å²) in [5.74, 6) is 0.343. The maximum atomic E-state index is 12.8. The first-order chi connectivity index (χ1) is 13.3. The van der Waals surface area contributed by atoms with Crippen molar-refractivity contribution in [3.63, 3.8) is 0 Å². The first kappa shape index (κ1) is 20.8. The summed E-state index contributed by atoms with van der Waals surface area (Å²) < 4.78 is 0. The third-order valence-corrected chi connectivity index (χ3v) is 5.98. The van der Waals surface area contributed by atoms with Gasteiger partial charge < -0.3 is 14.9 Å². The molecule has 0 saturated carbocycles. The zero-order chi connectivity index (χ0) is 20.3. The quantitative estimate of drug-likeness (QED) is 0.800. The van der Waals surface area contributed by atoms with Crippen LogP contribution in [0.25, 0.3) is 0 Å². The van der Waals surface area contributed by atoms with Crippen molar-refractivity contribution in [2.45, 2.75) is 51.6 Å². The summed E-state index contributed by atoms with van der Waals surface area (Å²) >= 11 is 0. The fourth-order valence-electron chi connectivity index (χ4n) is 4.08. The molecule has 2 saturated heterocycles. The van der Waals surface area contributed by atoms with E-state index in [1.807, 2.05) is 15.9 Å². The number of H-pyrrole nitrogens is 1. The molecule has 2 aliphatic rings. The smallest absolute Gasteiger partial charge is 0.274 e. The van der Waals surface area contributed by atoms with Crippen LogP contribution in [0, 0.1) is 0 Å². The summed E-state index contributed by atoms with van der Waals surface area (Å²) in [5, 5.41) is 18.3. The Hall–Kier alpha value is -1.93. The van der Waals surface area contributed by atoms with Gasteiger partial charge in [0.25, 0.3) is 5.91 Å².